The van der Waals surface area contributed by atoms with Gasteiger partial charge in [-0.15, -0.1) is 0 Å². The summed E-state index contributed by atoms with van der Waals surface area (Å²) in [5.74, 6) is 0.333. The molecule has 39 heavy (non-hydrogen) atoms. The van der Waals surface area contributed by atoms with Crippen LogP contribution >= 0.6 is 0 Å². The standard InChI is InChI=1S/C29H41N3O6Si/c1-37-28-25(26(34)27(28)35)31-23(16-20-8-6-5-7-9-20)24(33)19-32(29(36)38-14-15-39(2,3)4)18-22-12-10-21(17-30)11-13-22/h10-13,20,23-24,31,33H,5-9,14-16,18-19H2,1-4H3/t23-,24+/m0/s1. The fourth-order valence-electron chi connectivity index (χ4n) is 4.97. The van der Waals surface area contributed by atoms with E-state index in [1.807, 2.05) is 0 Å². The fourth-order valence-corrected chi connectivity index (χ4v) is 5.69. The number of ether oxygens (including phenoxy) is 2. The minimum absolute atomic E-state index is 0.0268. The average Bonchev–Trinajstić information content (AvgIpc) is 2.91. The number of carbonyl (C=O) groups excluding carboxylic acids is 1. The van der Waals surface area contributed by atoms with Crippen molar-refractivity contribution in [3.05, 3.63) is 55.8 Å². The molecule has 1 amide bonds. The third kappa shape index (κ3) is 8.67. The molecule has 0 spiro atoms. The van der Waals surface area contributed by atoms with Crippen LogP contribution in [0.15, 0.2) is 33.9 Å². The Morgan fingerprint density at radius 1 is 1.15 bits per heavy atom. The fraction of sp³-hybridized carbons (Fsp3) is 0.586. The SMILES string of the molecule is COc1c(N[C@@H](CC2CCCCC2)[C@H](O)CN(Cc2ccc(C#N)cc2)C(=O)OCC[Si](C)(C)C)c(=O)c1=O. The third-order valence-corrected chi connectivity index (χ3v) is 9.08. The van der Waals surface area contributed by atoms with Crippen LogP contribution in [0.2, 0.25) is 25.7 Å². The van der Waals surface area contributed by atoms with Gasteiger partial charge in [0, 0.05) is 14.6 Å². The lowest BCUT2D eigenvalue weighted by Crippen LogP contribution is -2.48. The molecule has 2 N–H and O–H groups in total. The van der Waals surface area contributed by atoms with Gasteiger partial charge in [0.15, 0.2) is 5.75 Å². The van der Waals surface area contributed by atoms with Crippen molar-refractivity contribution in [2.45, 2.75) is 82.9 Å². The van der Waals surface area contributed by atoms with E-state index in [0.29, 0.717) is 24.5 Å². The number of amides is 1. The molecular formula is C29H41N3O6Si. The van der Waals surface area contributed by atoms with E-state index in [1.54, 1.807) is 24.3 Å². The molecule has 0 unspecified atom stereocenters. The van der Waals surface area contributed by atoms with Gasteiger partial charge in [-0.1, -0.05) is 63.9 Å². The molecule has 3 rings (SSSR count). The van der Waals surface area contributed by atoms with E-state index in [-0.39, 0.29) is 24.5 Å². The van der Waals surface area contributed by atoms with Gasteiger partial charge < -0.3 is 24.8 Å². The predicted molar refractivity (Wildman–Crippen MR) is 154 cm³/mol. The van der Waals surface area contributed by atoms with Gasteiger partial charge in [0.25, 0.3) is 10.9 Å². The number of aliphatic hydroxyl groups is 1. The van der Waals surface area contributed by atoms with E-state index < -0.39 is 37.2 Å². The van der Waals surface area contributed by atoms with Crippen LogP contribution in [-0.2, 0) is 11.3 Å². The number of anilines is 1. The van der Waals surface area contributed by atoms with Crippen LogP contribution in [0.25, 0.3) is 0 Å². The van der Waals surface area contributed by atoms with Crippen LogP contribution in [-0.4, -0.2) is 56.6 Å². The summed E-state index contributed by atoms with van der Waals surface area (Å²) in [7, 11) is -0.0823. The Bertz CT molecular complexity index is 1200. The van der Waals surface area contributed by atoms with Gasteiger partial charge in [-0.25, -0.2) is 4.79 Å². The van der Waals surface area contributed by atoms with E-state index in [4.69, 9.17) is 14.7 Å². The van der Waals surface area contributed by atoms with Crippen molar-refractivity contribution in [3.8, 4) is 11.8 Å². The minimum atomic E-state index is -1.42. The van der Waals surface area contributed by atoms with Crippen LogP contribution in [0.5, 0.6) is 5.75 Å². The highest BCUT2D eigenvalue weighted by Gasteiger charge is 2.32. The van der Waals surface area contributed by atoms with Gasteiger partial charge in [0.2, 0.25) is 0 Å². The average molecular weight is 556 g/mol. The number of rotatable bonds is 13. The number of methoxy groups -OCH3 is 1. The van der Waals surface area contributed by atoms with Crippen LogP contribution in [0.3, 0.4) is 0 Å². The van der Waals surface area contributed by atoms with Crippen molar-refractivity contribution >= 4 is 19.9 Å². The second kappa shape index (κ2) is 13.8. The molecule has 0 bridgehead atoms. The molecular weight excluding hydrogens is 514 g/mol. The zero-order chi connectivity index (χ0) is 28.6. The summed E-state index contributed by atoms with van der Waals surface area (Å²) in [6, 6.07) is 9.27. The number of aliphatic hydroxyl groups excluding tert-OH is 1. The largest absolute Gasteiger partial charge is 0.491 e. The molecule has 1 saturated carbocycles. The molecule has 0 aromatic heterocycles. The van der Waals surface area contributed by atoms with E-state index in [2.05, 4.69) is 31.0 Å². The van der Waals surface area contributed by atoms with Crippen molar-refractivity contribution in [1.29, 1.82) is 5.26 Å². The summed E-state index contributed by atoms with van der Waals surface area (Å²) < 4.78 is 10.7. The van der Waals surface area contributed by atoms with Crippen LogP contribution < -0.4 is 20.9 Å². The molecule has 0 radical (unpaired) electrons. The first-order valence-corrected chi connectivity index (χ1v) is 17.5. The molecule has 0 heterocycles. The van der Waals surface area contributed by atoms with E-state index in [0.717, 1.165) is 37.3 Å². The Hall–Kier alpha value is -3.16. The van der Waals surface area contributed by atoms with E-state index in [9.17, 15) is 19.5 Å². The number of carbonyl (C=O) groups is 1. The number of nitrogens with zero attached hydrogens (tertiary/aromatic N) is 2. The molecule has 1 fully saturated rings. The molecule has 1 aliphatic rings. The highest BCUT2D eigenvalue weighted by molar-refractivity contribution is 6.76. The van der Waals surface area contributed by atoms with E-state index >= 15 is 0 Å². The molecule has 2 aromatic carbocycles. The Labute approximate surface area is 231 Å². The Morgan fingerprint density at radius 3 is 2.41 bits per heavy atom. The Kier molecular flexibility index (Phi) is 10.7. The van der Waals surface area contributed by atoms with Crippen LogP contribution in [0.4, 0.5) is 10.5 Å². The topological polar surface area (TPSA) is 129 Å². The number of hydrogen-bond donors (Lipinski definition) is 2. The summed E-state index contributed by atoms with van der Waals surface area (Å²) >= 11 is 0. The van der Waals surface area contributed by atoms with Crippen LogP contribution in [0.1, 0.15) is 49.7 Å². The van der Waals surface area contributed by atoms with E-state index in [1.165, 1.54) is 18.4 Å². The lowest BCUT2D eigenvalue weighted by atomic mass is 9.83. The first kappa shape index (κ1) is 30.4. The number of benzene rings is 1. The lowest BCUT2D eigenvalue weighted by molar-refractivity contribution is 0.0613. The Morgan fingerprint density at radius 2 is 1.82 bits per heavy atom. The van der Waals surface area contributed by atoms with Crippen molar-refractivity contribution in [1.82, 2.24) is 4.90 Å². The third-order valence-electron chi connectivity index (χ3n) is 7.38. The quantitative estimate of drug-likeness (QED) is 0.277. The van der Waals surface area contributed by atoms with Crippen molar-refractivity contribution < 1.29 is 19.4 Å². The summed E-state index contributed by atoms with van der Waals surface area (Å²) in [4.78, 5) is 38.8. The van der Waals surface area contributed by atoms with Crippen LogP contribution in [0, 0.1) is 17.2 Å². The molecule has 0 saturated heterocycles. The monoisotopic (exact) mass is 555 g/mol. The predicted octanol–water partition coefficient (Wildman–Crippen LogP) is 4.25. The smallest absolute Gasteiger partial charge is 0.410 e. The first-order valence-electron chi connectivity index (χ1n) is 13.7. The first-order chi connectivity index (χ1) is 18.5. The zero-order valence-electron chi connectivity index (χ0n) is 23.5. The van der Waals surface area contributed by atoms with Gasteiger partial charge in [0.1, 0.15) is 5.69 Å². The van der Waals surface area contributed by atoms with Crippen molar-refractivity contribution in [2.75, 3.05) is 25.6 Å². The highest BCUT2D eigenvalue weighted by atomic mass is 28.3. The number of nitriles is 1. The zero-order valence-corrected chi connectivity index (χ0v) is 24.5. The molecule has 10 heteroatoms. The highest BCUT2D eigenvalue weighted by Crippen LogP contribution is 2.30. The summed E-state index contributed by atoms with van der Waals surface area (Å²) in [6.45, 7) is 7.07. The van der Waals surface area contributed by atoms with Gasteiger partial charge in [-0.3, -0.25) is 9.59 Å². The maximum atomic E-state index is 13.2. The number of hydrogen-bond acceptors (Lipinski definition) is 8. The molecule has 2 aromatic rings. The summed E-state index contributed by atoms with van der Waals surface area (Å²) in [5, 5.41) is 23.7. The van der Waals surface area contributed by atoms with Gasteiger partial charge in [-0.05, 0) is 36.1 Å². The maximum absolute atomic E-state index is 13.2. The normalized spacial score (nSPS) is 15.8. The Balaban J connectivity index is 1.80. The summed E-state index contributed by atoms with van der Waals surface area (Å²) in [6.07, 6.45) is 4.51. The lowest BCUT2D eigenvalue weighted by Gasteiger charge is -2.33. The van der Waals surface area contributed by atoms with Gasteiger partial charge in [-0.2, -0.15) is 5.26 Å². The summed E-state index contributed by atoms with van der Waals surface area (Å²) in [5.41, 5.74) is 0.0527. The number of nitrogens with one attached hydrogen (secondary N) is 1. The molecule has 0 aliphatic heterocycles. The van der Waals surface area contributed by atoms with Crippen molar-refractivity contribution in [3.63, 3.8) is 0 Å². The van der Waals surface area contributed by atoms with Crippen molar-refractivity contribution in [2.24, 2.45) is 5.92 Å². The molecule has 9 nitrogen and oxygen atoms in total. The van der Waals surface area contributed by atoms with Gasteiger partial charge >= 0.3 is 6.09 Å². The second-order valence-corrected chi connectivity index (χ2v) is 17.4. The maximum Gasteiger partial charge on any atom is 0.410 e. The second-order valence-electron chi connectivity index (χ2n) is 11.7. The van der Waals surface area contributed by atoms with Gasteiger partial charge in [0.05, 0.1) is 44.0 Å². The molecule has 2 atom stereocenters. The minimum Gasteiger partial charge on any atom is -0.491 e. The molecule has 1 aliphatic carbocycles. The molecule has 212 valence electrons.